The molecule has 0 saturated heterocycles. The number of aromatic nitrogens is 4. The Morgan fingerprint density at radius 1 is 0.424 bits per heavy atom. The van der Waals surface area contributed by atoms with Crippen LogP contribution in [0.2, 0.25) is 0 Å². The van der Waals surface area contributed by atoms with Crippen molar-refractivity contribution in [1.29, 1.82) is 0 Å². The third-order valence-corrected chi connectivity index (χ3v) is 11.6. The quantitative estimate of drug-likeness (QED) is 0.235. The first-order valence-corrected chi connectivity index (χ1v) is 14.1. The van der Waals surface area contributed by atoms with Gasteiger partial charge in [0.05, 0.1) is 9.40 Å². The summed E-state index contributed by atoms with van der Waals surface area (Å²) in [5.41, 5.74) is 2.13. The summed E-state index contributed by atoms with van der Waals surface area (Å²) in [7, 11) is 0. The largest absolute Gasteiger partial charge is 0.244 e. The highest BCUT2D eigenvalue weighted by molar-refractivity contribution is 7.41. The van der Waals surface area contributed by atoms with Crippen molar-refractivity contribution >= 4 is 75.5 Å². The predicted octanol–water partition coefficient (Wildman–Crippen LogP) is 8.55. The van der Waals surface area contributed by atoms with Crippen LogP contribution >= 0.6 is 56.7 Å². The third-order valence-electron chi connectivity index (χ3n) is 5.21. The fourth-order valence-electron chi connectivity index (χ4n) is 3.68. The Bertz CT molecular complexity index is 1590. The zero-order valence-electron chi connectivity index (χ0n) is 16.8. The number of thiophene rings is 5. The van der Waals surface area contributed by atoms with E-state index in [-0.39, 0.29) is 0 Å². The Morgan fingerprint density at radius 3 is 1.30 bits per heavy atom. The topological polar surface area (TPSA) is 51.6 Å². The van der Waals surface area contributed by atoms with Crippen molar-refractivity contribution in [1.82, 2.24) is 19.9 Å². The van der Waals surface area contributed by atoms with Gasteiger partial charge in [-0.05, 0) is 36.4 Å². The lowest BCUT2D eigenvalue weighted by Gasteiger charge is -1.93. The number of hydrogen-bond donors (Lipinski definition) is 0. The second-order valence-electron chi connectivity index (χ2n) is 7.29. The maximum Gasteiger partial charge on any atom is 0.115 e. The highest BCUT2D eigenvalue weighted by atomic mass is 32.1. The molecule has 0 amide bonds. The summed E-state index contributed by atoms with van der Waals surface area (Å²) in [5.74, 6) is 0. The third kappa shape index (κ3) is 3.44. The Morgan fingerprint density at radius 2 is 0.848 bits per heavy atom. The molecule has 7 aromatic rings. The predicted molar refractivity (Wildman–Crippen MR) is 144 cm³/mol. The van der Waals surface area contributed by atoms with E-state index in [1.54, 1.807) is 35.3 Å². The Balaban J connectivity index is 1.24. The second kappa shape index (κ2) is 7.89. The van der Waals surface area contributed by atoms with Crippen molar-refractivity contribution in [2.75, 3.05) is 0 Å². The van der Waals surface area contributed by atoms with Gasteiger partial charge in [-0.2, -0.15) is 0 Å². The molecule has 0 bridgehead atoms. The first-order valence-electron chi connectivity index (χ1n) is 9.99. The summed E-state index contributed by atoms with van der Waals surface area (Å²) in [6.07, 6.45) is 10.6. The summed E-state index contributed by atoms with van der Waals surface area (Å²) in [6, 6.07) is 13.4. The van der Waals surface area contributed by atoms with Crippen LogP contribution in [-0.4, -0.2) is 19.9 Å². The fraction of sp³-hybridized carbons (Fsp3) is 0. The molecule has 0 aliphatic carbocycles. The molecular formula is C24H12N4S5. The second-order valence-corrected chi connectivity index (χ2v) is 12.6. The summed E-state index contributed by atoms with van der Waals surface area (Å²) in [5, 5.41) is 0. The van der Waals surface area contributed by atoms with Crippen molar-refractivity contribution < 1.29 is 0 Å². The average Bonchev–Trinajstić information content (AvgIpc) is 3.66. The molecule has 7 rings (SSSR count). The van der Waals surface area contributed by atoms with Crippen LogP contribution in [0.3, 0.4) is 0 Å². The summed E-state index contributed by atoms with van der Waals surface area (Å²) >= 11 is 9.27. The van der Waals surface area contributed by atoms with Gasteiger partial charge in [0.15, 0.2) is 0 Å². The molecule has 0 N–H and O–H groups in total. The summed E-state index contributed by atoms with van der Waals surface area (Å²) in [6.45, 7) is 0. The van der Waals surface area contributed by atoms with Crippen LogP contribution in [0, 0.1) is 0 Å². The van der Waals surface area contributed by atoms with E-state index in [0.29, 0.717) is 0 Å². The normalized spacial score (nSPS) is 11.6. The first kappa shape index (κ1) is 19.6. The average molecular weight is 517 g/mol. The first-order chi connectivity index (χ1) is 16.3. The number of hydrogen-bond acceptors (Lipinski definition) is 9. The number of rotatable bonds is 4. The Kier molecular flexibility index (Phi) is 4.70. The lowest BCUT2D eigenvalue weighted by Crippen LogP contribution is -1.77. The Hall–Kier alpha value is -2.82. The van der Waals surface area contributed by atoms with E-state index >= 15 is 0 Å². The zero-order valence-corrected chi connectivity index (χ0v) is 20.8. The van der Waals surface area contributed by atoms with Gasteiger partial charge in [-0.25, -0.2) is 19.9 Å². The molecule has 0 unspecified atom stereocenters. The molecule has 0 saturated carbocycles. The van der Waals surface area contributed by atoms with Crippen molar-refractivity contribution in [3.05, 3.63) is 73.8 Å². The van der Waals surface area contributed by atoms with Crippen LogP contribution in [-0.2, 0) is 0 Å². The van der Waals surface area contributed by atoms with Crippen molar-refractivity contribution in [3.8, 4) is 40.4 Å². The number of fused-ring (bicyclic) bond motifs is 3. The SMILES string of the molecule is c1ncc(-c2ccc(-c3cc4sc5cc(-c6ccc(-c7cncnc7)s6)sc5c4s3)s2)cn1. The molecule has 9 heteroatoms. The van der Waals surface area contributed by atoms with E-state index < -0.39 is 0 Å². The lowest BCUT2D eigenvalue weighted by molar-refractivity contribution is 1.17. The smallest absolute Gasteiger partial charge is 0.115 e. The molecule has 0 aliphatic heterocycles. The molecule has 33 heavy (non-hydrogen) atoms. The van der Waals surface area contributed by atoms with E-state index in [2.05, 4.69) is 56.3 Å². The van der Waals surface area contributed by atoms with Crippen LogP contribution in [0.1, 0.15) is 0 Å². The van der Waals surface area contributed by atoms with E-state index in [0.717, 1.165) is 11.1 Å². The minimum absolute atomic E-state index is 1.06. The molecular weight excluding hydrogens is 505 g/mol. The van der Waals surface area contributed by atoms with Crippen LogP contribution < -0.4 is 0 Å². The molecule has 0 fully saturated rings. The summed E-state index contributed by atoms with van der Waals surface area (Å²) < 4.78 is 5.53. The maximum absolute atomic E-state index is 4.15. The van der Waals surface area contributed by atoms with Crippen molar-refractivity contribution in [2.24, 2.45) is 0 Å². The van der Waals surface area contributed by atoms with Crippen molar-refractivity contribution in [3.63, 3.8) is 0 Å². The van der Waals surface area contributed by atoms with E-state index in [9.17, 15) is 0 Å². The molecule has 0 atom stereocenters. The van der Waals surface area contributed by atoms with Crippen LogP contribution in [0.15, 0.2) is 73.8 Å². The van der Waals surface area contributed by atoms with E-state index in [1.165, 1.54) is 48.1 Å². The zero-order chi connectivity index (χ0) is 21.8. The van der Waals surface area contributed by atoms with Gasteiger partial charge in [-0.3, -0.25) is 0 Å². The fourth-order valence-corrected chi connectivity index (χ4v) is 9.83. The van der Waals surface area contributed by atoms with Crippen LogP contribution in [0.25, 0.3) is 59.2 Å². The van der Waals surface area contributed by atoms with Crippen LogP contribution in [0.4, 0.5) is 0 Å². The molecule has 158 valence electrons. The highest BCUT2D eigenvalue weighted by Crippen LogP contribution is 2.50. The molecule has 0 aromatic carbocycles. The van der Waals surface area contributed by atoms with Crippen molar-refractivity contribution in [2.45, 2.75) is 0 Å². The number of nitrogens with zero attached hydrogens (tertiary/aromatic N) is 4. The molecule has 7 heterocycles. The standard InChI is InChI=1S/C24H12N4S5/c1-3-17(29-15(1)13-7-25-11-26-8-13)19-5-21-23(32-19)24-22(31-21)6-20(33-24)18-4-2-16(30-18)14-9-27-12-28-10-14/h1-12H. The van der Waals surface area contributed by atoms with Gasteiger partial charge in [0.1, 0.15) is 12.7 Å². The van der Waals surface area contributed by atoms with Gasteiger partial charge < -0.3 is 0 Å². The summed E-state index contributed by atoms with van der Waals surface area (Å²) in [4.78, 5) is 24.2. The molecule has 4 nitrogen and oxygen atoms in total. The minimum Gasteiger partial charge on any atom is -0.244 e. The van der Waals surface area contributed by atoms with Crippen LogP contribution in [0.5, 0.6) is 0 Å². The van der Waals surface area contributed by atoms with E-state index in [1.807, 2.05) is 58.8 Å². The molecule has 0 radical (unpaired) electrons. The van der Waals surface area contributed by atoms with Gasteiger partial charge in [0.2, 0.25) is 0 Å². The van der Waals surface area contributed by atoms with Gasteiger partial charge in [-0.15, -0.1) is 56.7 Å². The minimum atomic E-state index is 1.06. The molecule has 7 aromatic heterocycles. The van der Waals surface area contributed by atoms with E-state index in [4.69, 9.17) is 0 Å². The van der Waals surface area contributed by atoms with Gasteiger partial charge in [0, 0.05) is 74.6 Å². The molecule has 0 aliphatic rings. The van der Waals surface area contributed by atoms with Gasteiger partial charge in [0.25, 0.3) is 0 Å². The lowest BCUT2D eigenvalue weighted by atomic mass is 10.3. The highest BCUT2D eigenvalue weighted by Gasteiger charge is 2.17. The Labute approximate surface area is 208 Å². The molecule has 0 spiro atoms. The monoisotopic (exact) mass is 516 g/mol. The van der Waals surface area contributed by atoms with Gasteiger partial charge >= 0.3 is 0 Å². The van der Waals surface area contributed by atoms with Gasteiger partial charge in [-0.1, -0.05) is 0 Å². The maximum atomic E-state index is 4.15.